The fourth-order valence-electron chi connectivity index (χ4n) is 2.70. The predicted molar refractivity (Wildman–Crippen MR) is 88.3 cm³/mol. The third-order valence-corrected chi connectivity index (χ3v) is 3.71. The third kappa shape index (κ3) is 4.05. The summed E-state index contributed by atoms with van der Waals surface area (Å²) in [6.45, 7) is 7.00. The summed E-state index contributed by atoms with van der Waals surface area (Å²) in [6.07, 6.45) is 0.503. The van der Waals surface area contributed by atoms with Gasteiger partial charge in [0.05, 0.1) is 6.04 Å². The minimum atomic E-state index is 0.0115. The standard InChI is InChI=1S/C18H24N2O/c1-4-19-13(2)12-18(21)20-14(3)16-11-7-9-15-8-5-6-10-17(15)16/h5-11,13-14,19H,4,12H2,1-3H3,(H,20,21). The molecule has 0 radical (unpaired) electrons. The van der Waals surface area contributed by atoms with Gasteiger partial charge in [0.25, 0.3) is 0 Å². The summed E-state index contributed by atoms with van der Waals surface area (Å²) in [4.78, 5) is 12.1. The van der Waals surface area contributed by atoms with Gasteiger partial charge in [-0.3, -0.25) is 4.79 Å². The van der Waals surface area contributed by atoms with Crippen molar-refractivity contribution in [2.75, 3.05) is 6.54 Å². The van der Waals surface area contributed by atoms with Gasteiger partial charge in [-0.2, -0.15) is 0 Å². The minimum Gasteiger partial charge on any atom is -0.350 e. The number of amides is 1. The Labute approximate surface area is 126 Å². The van der Waals surface area contributed by atoms with Crippen LogP contribution in [0.15, 0.2) is 42.5 Å². The van der Waals surface area contributed by atoms with Crippen molar-refractivity contribution in [2.45, 2.75) is 39.3 Å². The summed E-state index contributed by atoms with van der Waals surface area (Å²) in [6, 6.07) is 14.7. The number of rotatable bonds is 6. The van der Waals surface area contributed by atoms with E-state index in [9.17, 15) is 4.79 Å². The second kappa shape index (κ2) is 7.23. The quantitative estimate of drug-likeness (QED) is 0.853. The van der Waals surface area contributed by atoms with Gasteiger partial charge in [-0.15, -0.1) is 0 Å². The Kier molecular flexibility index (Phi) is 5.34. The van der Waals surface area contributed by atoms with Crippen LogP contribution in [0.3, 0.4) is 0 Å². The van der Waals surface area contributed by atoms with Gasteiger partial charge < -0.3 is 10.6 Å². The molecule has 2 atom stereocenters. The molecule has 0 saturated heterocycles. The maximum absolute atomic E-state index is 12.1. The summed E-state index contributed by atoms with van der Waals surface area (Å²) in [5, 5.41) is 8.76. The van der Waals surface area contributed by atoms with Gasteiger partial charge in [-0.1, -0.05) is 49.4 Å². The van der Waals surface area contributed by atoms with Crippen LogP contribution in [-0.4, -0.2) is 18.5 Å². The molecule has 1 amide bonds. The van der Waals surface area contributed by atoms with Crippen LogP contribution in [0.1, 0.15) is 38.8 Å². The van der Waals surface area contributed by atoms with Crippen LogP contribution >= 0.6 is 0 Å². The number of benzene rings is 2. The molecule has 2 aromatic carbocycles. The first-order chi connectivity index (χ1) is 10.1. The van der Waals surface area contributed by atoms with Crippen LogP contribution in [0.2, 0.25) is 0 Å². The van der Waals surface area contributed by atoms with E-state index >= 15 is 0 Å². The maximum Gasteiger partial charge on any atom is 0.222 e. The molecule has 2 rings (SSSR count). The van der Waals surface area contributed by atoms with E-state index in [1.54, 1.807) is 0 Å². The largest absolute Gasteiger partial charge is 0.350 e. The Balaban J connectivity index is 2.08. The second-order valence-corrected chi connectivity index (χ2v) is 5.52. The van der Waals surface area contributed by atoms with E-state index in [1.807, 2.05) is 39.0 Å². The zero-order valence-corrected chi connectivity index (χ0v) is 13.0. The second-order valence-electron chi connectivity index (χ2n) is 5.52. The SMILES string of the molecule is CCNC(C)CC(=O)NC(C)c1cccc2ccccc12. The van der Waals surface area contributed by atoms with Crippen LogP contribution in [0, 0.1) is 0 Å². The number of hydrogen-bond donors (Lipinski definition) is 2. The predicted octanol–water partition coefficient (Wildman–Crippen LogP) is 3.41. The number of carbonyl (C=O) groups is 1. The van der Waals surface area contributed by atoms with Crippen LogP contribution < -0.4 is 10.6 Å². The molecule has 0 aliphatic carbocycles. The summed E-state index contributed by atoms with van der Waals surface area (Å²) in [7, 11) is 0. The highest BCUT2D eigenvalue weighted by molar-refractivity contribution is 5.86. The Morgan fingerprint density at radius 2 is 1.81 bits per heavy atom. The summed E-state index contributed by atoms with van der Waals surface area (Å²) < 4.78 is 0. The molecule has 112 valence electrons. The minimum absolute atomic E-state index is 0.0115. The molecule has 0 aliphatic rings. The average Bonchev–Trinajstić information content (AvgIpc) is 2.46. The molecular formula is C18H24N2O. The van der Waals surface area contributed by atoms with Gasteiger partial charge in [0.2, 0.25) is 5.91 Å². The monoisotopic (exact) mass is 284 g/mol. The van der Waals surface area contributed by atoms with Crippen LogP contribution in [-0.2, 0) is 4.79 Å². The van der Waals surface area contributed by atoms with E-state index in [0.29, 0.717) is 6.42 Å². The number of nitrogens with one attached hydrogen (secondary N) is 2. The Morgan fingerprint density at radius 1 is 1.10 bits per heavy atom. The topological polar surface area (TPSA) is 41.1 Å². The molecule has 0 heterocycles. The Bertz CT molecular complexity index is 604. The van der Waals surface area contributed by atoms with Crippen LogP contribution in [0.25, 0.3) is 10.8 Å². The Morgan fingerprint density at radius 3 is 2.57 bits per heavy atom. The number of hydrogen-bond acceptors (Lipinski definition) is 2. The number of fused-ring (bicyclic) bond motifs is 1. The molecule has 0 fully saturated rings. The molecule has 0 spiro atoms. The van der Waals surface area contributed by atoms with E-state index < -0.39 is 0 Å². The fraction of sp³-hybridized carbons (Fsp3) is 0.389. The van der Waals surface area contributed by atoms with E-state index in [-0.39, 0.29) is 18.0 Å². The molecule has 0 aromatic heterocycles. The van der Waals surface area contributed by atoms with Crippen molar-refractivity contribution in [2.24, 2.45) is 0 Å². The van der Waals surface area contributed by atoms with Crippen LogP contribution in [0.4, 0.5) is 0 Å². The normalized spacial score (nSPS) is 13.9. The van der Waals surface area contributed by atoms with Crippen LogP contribution in [0.5, 0.6) is 0 Å². The lowest BCUT2D eigenvalue weighted by Gasteiger charge is -2.18. The van der Waals surface area contributed by atoms with Gasteiger partial charge in [-0.25, -0.2) is 0 Å². The summed E-state index contributed by atoms with van der Waals surface area (Å²) in [5.74, 6) is 0.0869. The summed E-state index contributed by atoms with van der Waals surface area (Å²) >= 11 is 0. The van der Waals surface area contributed by atoms with Crippen molar-refractivity contribution < 1.29 is 4.79 Å². The molecule has 2 unspecified atom stereocenters. The van der Waals surface area contributed by atoms with Gasteiger partial charge in [0.15, 0.2) is 0 Å². The average molecular weight is 284 g/mol. The molecule has 0 saturated carbocycles. The van der Waals surface area contributed by atoms with Crippen molar-refractivity contribution in [1.29, 1.82) is 0 Å². The van der Waals surface area contributed by atoms with Gasteiger partial charge in [0, 0.05) is 12.5 Å². The van der Waals surface area contributed by atoms with Crippen molar-refractivity contribution in [1.82, 2.24) is 10.6 Å². The van der Waals surface area contributed by atoms with Crippen molar-refractivity contribution in [3.05, 3.63) is 48.0 Å². The molecular weight excluding hydrogens is 260 g/mol. The molecule has 2 N–H and O–H groups in total. The van der Waals surface area contributed by atoms with E-state index in [0.717, 1.165) is 12.1 Å². The first-order valence-electron chi connectivity index (χ1n) is 7.62. The van der Waals surface area contributed by atoms with Crippen molar-refractivity contribution >= 4 is 16.7 Å². The highest BCUT2D eigenvalue weighted by Crippen LogP contribution is 2.24. The molecule has 21 heavy (non-hydrogen) atoms. The van der Waals surface area contributed by atoms with E-state index in [2.05, 4.69) is 34.9 Å². The zero-order chi connectivity index (χ0) is 15.2. The van der Waals surface area contributed by atoms with E-state index in [4.69, 9.17) is 0 Å². The third-order valence-electron chi connectivity index (χ3n) is 3.71. The van der Waals surface area contributed by atoms with E-state index in [1.165, 1.54) is 10.8 Å². The fourth-order valence-corrected chi connectivity index (χ4v) is 2.70. The molecule has 0 aliphatic heterocycles. The molecule has 3 nitrogen and oxygen atoms in total. The maximum atomic E-state index is 12.1. The van der Waals surface area contributed by atoms with Crippen molar-refractivity contribution in [3.8, 4) is 0 Å². The molecule has 3 heteroatoms. The summed E-state index contributed by atoms with van der Waals surface area (Å²) in [5.41, 5.74) is 1.16. The van der Waals surface area contributed by atoms with Crippen molar-refractivity contribution in [3.63, 3.8) is 0 Å². The highest BCUT2D eigenvalue weighted by atomic mass is 16.1. The van der Waals surface area contributed by atoms with Gasteiger partial charge in [-0.05, 0) is 36.7 Å². The number of carbonyl (C=O) groups excluding carboxylic acids is 1. The lowest BCUT2D eigenvalue weighted by atomic mass is 9.99. The Hall–Kier alpha value is -1.87. The highest BCUT2D eigenvalue weighted by Gasteiger charge is 2.14. The molecule has 2 aromatic rings. The lowest BCUT2D eigenvalue weighted by molar-refractivity contribution is -0.122. The smallest absolute Gasteiger partial charge is 0.222 e. The zero-order valence-electron chi connectivity index (χ0n) is 13.0. The lowest BCUT2D eigenvalue weighted by Crippen LogP contribution is -2.34. The first kappa shape index (κ1) is 15.5. The van der Waals surface area contributed by atoms with Gasteiger partial charge in [0.1, 0.15) is 0 Å². The first-order valence-corrected chi connectivity index (χ1v) is 7.62. The van der Waals surface area contributed by atoms with Gasteiger partial charge >= 0.3 is 0 Å². The molecule has 0 bridgehead atoms.